The third kappa shape index (κ3) is 3.38. The number of amides is 1. The number of rotatable bonds is 2. The molecule has 138 valence electrons. The minimum absolute atomic E-state index is 0.185. The van der Waals surface area contributed by atoms with Gasteiger partial charge in [-0.3, -0.25) is 0 Å². The van der Waals surface area contributed by atoms with Crippen LogP contribution in [0.5, 0.6) is 0 Å². The molecule has 1 aromatic rings. The highest BCUT2D eigenvalue weighted by Crippen LogP contribution is 2.43. The molecule has 2 bridgehead atoms. The molecule has 3 aliphatic heterocycles. The summed E-state index contributed by atoms with van der Waals surface area (Å²) in [7, 11) is 0. The van der Waals surface area contributed by atoms with Crippen molar-refractivity contribution < 1.29 is 18.8 Å². The number of carbonyl (C=O) groups excluding carboxylic acids is 1. The summed E-state index contributed by atoms with van der Waals surface area (Å²) in [6, 6.07) is 0.436. The molecule has 3 fully saturated rings. The summed E-state index contributed by atoms with van der Waals surface area (Å²) in [5.41, 5.74) is -0.459. The average molecular weight is 349 g/mol. The molecule has 0 spiro atoms. The van der Waals surface area contributed by atoms with E-state index in [0.717, 1.165) is 44.5 Å². The number of nitrogens with zero attached hydrogens (tertiary/aromatic N) is 3. The van der Waals surface area contributed by atoms with E-state index in [2.05, 4.69) is 10.1 Å². The van der Waals surface area contributed by atoms with Crippen LogP contribution in [0.1, 0.15) is 76.4 Å². The van der Waals surface area contributed by atoms with Gasteiger partial charge >= 0.3 is 6.09 Å². The molecule has 0 aromatic carbocycles. The van der Waals surface area contributed by atoms with Crippen molar-refractivity contribution in [1.29, 1.82) is 0 Å². The quantitative estimate of drug-likeness (QED) is 0.816. The zero-order chi connectivity index (χ0) is 17.6. The molecule has 0 N–H and O–H groups in total. The van der Waals surface area contributed by atoms with Crippen LogP contribution >= 0.6 is 0 Å². The Bertz CT molecular complexity index is 619. The second-order valence-corrected chi connectivity index (χ2v) is 8.49. The Balaban J connectivity index is 1.44. The van der Waals surface area contributed by atoms with Crippen molar-refractivity contribution in [1.82, 2.24) is 15.0 Å². The van der Waals surface area contributed by atoms with E-state index in [4.69, 9.17) is 14.0 Å². The van der Waals surface area contributed by atoms with Crippen LogP contribution in [-0.2, 0) is 9.47 Å². The van der Waals surface area contributed by atoms with Crippen molar-refractivity contribution in [2.45, 2.75) is 82.4 Å². The summed E-state index contributed by atoms with van der Waals surface area (Å²) in [4.78, 5) is 19.1. The lowest BCUT2D eigenvalue weighted by Crippen LogP contribution is -2.48. The van der Waals surface area contributed by atoms with Gasteiger partial charge in [0.15, 0.2) is 5.82 Å². The van der Waals surface area contributed by atoms with E-state index in [1.54, 1.807) is 0 Å². The predicted octanol–water partition coefficient (Wildman–Crippen LogP) is 3.22. The van der Waals surface area contributed by atoms with Gasteiger partial charge in [0.25, 0.3) is 0 Å². The van der Waals surface area contributed by atoms with Gasteiger partial charge in [0.2, 0.25) is 5.89 Å². The molecule has 1 aromatic heterocycles. The molecule has 3 atom stereocenters. The summed E-state index contributed by atoms with van der Waals surface area (Å²) in [5.74, 6) is 1.99. The average Bonchev–Trinajstić information content (AvgIpc) is 3.24. The molecule has 4 rings (SSSR count). The minimum atomic E-state index is -0.459. The van der Waals surface area contributed by atoms with Gasteiger partial charge in [0.05, 0.1) is 12.5 Å². The van der Waals surface area contributed by atoms with Crippen LogP contribution in [-0.4, -0.2) is 52.0 Å². The molecule has 25 heavy (non-hydrogen) atoms. The van der Waals surface area contributed by atoms with Gasteiger partial charge in [-0.05, 0) is 52.9 Å². The summed E-state index contributed by atoms with van der Waals surface area (Å²) < 4.78 is 16.5. The van der Waals surface area contributed by atoms with E-state index < -0.39 is 5.60 Å². The Hall–Kier alpha value is -1.63. The molecule has 4 heterocycles. The van der Waals surface area contributed by atoms with Gasteiger partial charge in [0, 0.05) is 24.6 Å². The number of fused-ring (bicyclic) bond motifs is 2. The van der Waals surface area contributed by atoms with Crippen LogP contribution in [0.3, 0.4) is 0 Å². The van der Waals surface area contributed by atoms with Crippen molar-refractivity contribution >= 4 is 6.09 Å². The number of carbonyl (C=O) groups is 1. The smallest absolute Gasteiger partial charge is 0.410 e. The maximum Gasteiger partial charge on any atom is 0.410 e. The van der Waals surface area contributed by atoms with Crippen LogP contribution in [0, 0.1) is 0 Å². The van der Waals surface area contributed by atoms with Crippen molar-refractivity contribution in [2.75, 3.05) is 13.2 Å². The molecule has 3 saturated heterocycles. The second-order valence-electron chi connectivity index (χ2n) is 8.49. The third-order valence-corrected chi connectivity index (χ3v) is 5.44. The van der Waals surface area contributed by atoms with E-state index in [1.165, 1.54) is 0 Å². The van der Waals surface area contributed by atoms with E-state index >= 15 is 0 Å². The maximum absolute atomic E-state index is 12.5. The highest BCUT2D eigenvalue weighted by atomic mass is 16.6. The van der Waals surface area contributed by atoms with Crippen molar-refractivity contribution in [3.63, 3.8) is 0 Å². The Morgan fingerprint density at radius 1 is 1.16 bits per heavy atom. The minimum Gasteiger partial charge on any atom is -0.444 e. The molecule has 0 saturated carbocycles. The van der Waals surface area contributed by atoms with Crippen LogP contribution in [0.15, 0.2) is 4.52 Å². The monoisotopic (exact) mass is 349 g/mol. The first-order valence-electron chi connectivity index (χ1n) is 9.33. The summed E-state index contributed by atoms with van der Waals surface area (Å²) >= 11 is 0. The Kier molecular flexibility index (Phi) is 4.22. The molecule has 7 heteroatoms. The fourth-order valence-corrected chi connectivity index (χ4v) is 4.31. The predicted molar refractivity (Wildman–Crippen MR) is 89.3 cm³/mol. The molecular weight excluding hydrogens is 322 g/mol. The number of hydrogen-bond donors (Lipinski definition) is 0. The maximum atomic E-state index is 12.5. The number of aromatic nitrogens is 2. The van der Waals surface area contributed by atoms with Gasteiger partial charge < -0.3 is 18.9 Å². The molecule has 1 amide bonds. The van der Waals surface area contributed by atoms with Gasteiger partial charge in [-0.2, -0.15) is 4.98 Å². The van der Waals surface area contributed by atoms with E-state index in [1.807, 2.05) is 25.7 Å². The molecular formula is C18H27N3O4. The number of piperidine rings is 1. The Morgan fingerprint density at radius 2 is 1.88 bits per heavy atom. The fraction of sp³-hybridized carbons (Fsp3) is 0.833. The first kappa shape index (κ1) is 16.8. The normalized spacial score (nSPS) is 32.2. The number of ether oxygens (including phenoxy) is 2. The topological polar surface area (TPSA) is 77.7 Å². The fourth-order valence-electron chi connectivity index (χ4n) is 4.31. The van der Waals surface area contributed by atoms with Gasteiger partial charge in [0.1, 0.15) is 5.60 Å². The van der Waals surface area contributed by atoms with E-state index in [-0.39, 0.29) is 30.0 Å². The lowest BCUT2D eigenvalue weighted by Gasteiger charge is -2.38. The second kappa shape index (κ2) is 6.27. The number of hydrogen-bond acceptors (Lipinski definition) is 6. The van der Waals surface area contributed by atoms with Gasteiger partial charge in [-0.25, -0.2) is 4.79 Å². The molecule has 3 aliphatic rings. The van der Waals surface area contributed by atoms with E-state index in [9.17, 15) is 4.79 Å². The van der Waals surface area contributed by atoms with Crippen molar-refractivity contribution in [3.05, 3.63) is 11.7 Å². The zero-order valence-electron chi connectivity index (χ0n) is 15.2. The van der Waals surface area contributed by atoms with Crippen LogP contribution in [0.4, 0.5) is 4.79 Å². The molecule has 7 nitrogen and oxygen atoms in total. The summed E-state index contributed by atoms with van der Waals surface area (Å²) in [6.45, 7) is 7.16. The molecule has 0 aliphatic carbocycles. The largest absolute Gasteiger partial charge is 0.444 e. The lowest BCUT2D eigenvalue weighted by molar-refractivity contribution is 0.00548. The lowest BCUT2D eigenvalue weighted by atomic mass is 9.90. The summed E-state index contributed by atoms with van der Waals surface area (Å²) in [5, 5.41) is 4.23. The Labute approximate surface area is 148 Å². The van der Waals surface area contributed by atoms with Gasteiger partial charge in [-0.1, -0.05) is 5.16 Å². The van der Waals surface area contributed by atoms with E-state index in [0.29, 0.717) is 12.5 Å². The Morgan fingerprint density at radius 3 is 2.48 bits per heavy atom. The SMILES string of the molecule is CC(C)(C)OC(=O)N1C2CCC1CC(c1noc(C3CCOC3)n1)C2. The first-order valence-corrected chi connectivity index (χ1v) is 9.33. The standard InChI is InChI=1S/C18H27N3O4/c1-18(2,3)24-17(22)21-13-4-5-14(21)9-12(8-13)15-19-16(25-20-15)11-6-7-23-10-11/h11-14H,4-10H2,1-3H3. The highest BCUT2D eigenvalue weighted by molar-refractivity contribution is 5.69. The van der Waals surface area contributed by atoms with Gasteiger partial charge in [-0.15, -0.1) is 0 Å². The van der Waals surface area contributed by atoms with Crippen molar-refractivity contribution in [2.24, 2.45) is 0 Å². The van der Waals surface area contributed by atoms with Crippen LogP contribution in [0.2, 0.25) is 0 Å². The molecule has 3 unspecified atom stereocenters. The van der Waals surface area contributed by atoms with Crippen LogP contribution < -0.4 is 0 Å². The highest BCUT2D eigenvalue weighted by Gasteiger charge is 2.46. The zero-order valence-corrected chi connectivity index (χ0v) is 15.2. The van der Waals surface area contributed by atoms with Crippen LogP contribution in [0.25, 0.3) is 0 Å². The third-order valence-electron chi connectivity index (χ3n) is 5.44. The first-order chi connectivity index (χ1) is 11.9. The van der Waals surface area contributed by atoms with Crippen molar-refractivity contribution in [3.8, 4) is 0 Å². The molecule has 0 radical (unpaired) electrons. The summed E-state index contributed by atoms with van der Waals surface area (Å²) in [6.07, 6.45) is 4.59.